The number of hydrogen-bond donors (Lipinski definition) is 0. The molecule has 3 aliphatic rings. The van der Waals surface area contributed by atoms with E-state index in [4.69, 9.17) is 15.0 Å². The molecular weight excluding hydrogens is 667 g/mol. The molecule has 0 aliphatic heterocycles. The van der Waals surface area contributed by atoms with E-state index in [1.165, 1.54) is 61.7 Å². The van der Waals surface area contributed by atoms with E-state index in [-0.39, 0.29) is 5.92 Å². The molecule has 3 aliphatic carbocycles. The van der Waals surface area contributed by atoms with Crippen molar-refractivity contribution in [2.45, 2.75) is 30.6 Å². The summed E-state index contributed by atoms with van der Waals surface area (Å²) >= 11 is 0. The van der Waals surface area contributed by atoms with Gasteiger partial charge in [-0.05, 0) is 97.2 Å². The van der Waals surface area contributed by atoms with Gasteiger partial charge >= 0.3 is 0 Å². The number of benzene rings is 7. The Bertz CT molecular complexity index is 2800. The van der Waals surface area contributed by atoms with Crippen molar-refractivity contribution in [1.82, 2.24) is 15.0 Å². The van der Waals surface area contributed by atoms with Crippen LogP contribution in [0.1, 0.15) is 47.5 Å². The Kier molecular flexibility index (Phi) is 7.51. The molecule has 3 heteroatoms. The van der Waals surface area contributed by atoms with Crippen LogP contribution >= 0.6 is 0 Å². The first-order chi connectivity index (χ1) is 27.2. The predicted octanol–water partition coefficient (Wildman–Crippen LogP) is 13.2. The van der Waals surface area contributed by atoms with Crippen molar-refractivity contribution in [1.29, 1.82) is 0 Å². The molecule has 3 unspecified atom stereocenters. The van der Waals surface area contributed by atoms with Gasteiger partial charge in [-0.3, -0.25) is 0 Å². The fourth-order valence-electron chi connectivity index (χ4n) is 8.87. The van der Waals surface area contributed by atoms with Crippen LogP contribution < -0.4 is 0 Å². The third kappa shape index (κ3) is 5.63. The Morgan fingerprint density at radius 2 is 1.00 bits per heavy atom. The zero-order chi connectivity index (χ0) is 36.3. The van der Waals surface area contributed by atoms with Crippen molar-refractivity contribution in [3.63, 3.8) is 0 Å². The third-order valence-electron chi connectivity index (χ3n) is 11.8. The second-order valence-electron chi connectivity index (χ2n) is 15.1. The molecule has 0 amide bonds. The summed E-state index contributed by atoms with van der Waals surface area (Å²) in [4.78, 5) is 14.8. The minimum absolute atomic E-state index is 0.136. The smallest absolute Gasteiger partial charge is 0.163 e. The second kappa shape index (κ2) is 13.0. The maximum Gasteiger partial charge on any atom is 0.163 e. The summed E-state index contributed by atoms with van der Waals surface area (Å²) in [7, 11) is 0. The molecule has 260 valence electrons. The van der Waals surface area contributed by atoms with Crippen LogP contribution in [0.15, 0.2) is 182 Å². The first-order valence-corrected chi connectivity index (χ1v) is 19.4. The summed E-state index contributed by atoms with van der Waals surface area (Å²) in [6, 6.07) is 57.3. The average molecular weight is 704 g/mol. The van der Waals surface area contributed by atoms with Crippen LogP contribution in [0, 0.1) is 0 Å². The zero-order valence-electron chi connectivity index (χ0n) is 30.3. The van der Waals surface area contributed by atoms with E-state index in [1.807, 2.05) is 18.2 Å². The Balaban J connectivity index is 0.895. The van der Waals surface area contributed by atoms with Crippen LogP contribution in [0.25, 0.3) is 78.1 Å². The van der Waals surface area contributed by atoms with Gasteiger partial charge in [0.25, 0.3) is 0 Å². The molecule has 3 atom stereocenters. The zero-order valence-corrected chi connectivity index (χ0v) is 30.3. The lowest BCUT2D eigenvalue weighted by Gasteiger charge is -2.24. The van der Waals surface area contributed by atoms with E-state index in [2.05, 4.69) is 164 Å². The van der Waals surface area contributed by atoms with Gasteiger partial charge in [-0.15, -0.1) is 0 Å². The highest BCUT2D eigenvalue weighted by atomic mass is 15.0. The standard InChI is InChI=1S/C52H37N3/c1-4-12-36(13-5-1)44-31-47-42-29-28-40(30-45(42)46-32-48(46)49(47)43-19-11-10-18-41(43)44)35-22-20-33(21-23-35)34-24-26-39(27-25-34)52-54-50(37-14-6-2-7-15-37)53-51(55-52)38-16-8-3-9-17-38/h1-16,18-31,38,46,48H,17,32H2. The molecule has 1 saturated carbocycles. The molecule has 1 heterocycles. The lowest BCUT2D eigenvalue weighted by Crippen LogP contribution is -2.07. The Hall–Kier alpha value is -6.71. The predicted molar refractivity (Wildman–Crippen MR) is 226 cm³/mol. The van der Waals surface area contributed by atoms with Crippen LogP contribution in [0.5, 0.6) is 0 Å². The van der Waals surface area contributed by atoms with Gasteiger partial charge in [-0.2, -0.15) is 0 Å². The summed E-state index contributed by atoms with van der Waals surface area (Å²) in [5.41, 5.74) is 15.3. The lowest BCUT2D eigenvalue weighted by molar-refractivity contribution is 0.764. The fourth-order valence-corrected chi connectivity index (χ4v) is 8.87. The van der Waals surface area contributed by atoms with Gasteiger partial charge in [0.1, 0.15) is 5.82 Å². The molecular formula is C52H37N3. The highest BCUT2D eigenvalue weighted by Crippen LogP contribution is 2.64. The highest BCUT2D eigenvalue weighted by Gasteiger charge is 2.46. The molecule has 0 spiro atoms. The van der Waals surface area contributed by atoms with Crippen molar-refractivity contribution in [2.75, 3.05) is 0 Å². The molecule has 0 bridgehead atoms. The molecule has 11 rings (SSSR count). The van der Waals surface area contributed by atoms with Crippen molar-refractivity contribution in [3.8, 4) is 67.3 Å². The van der Waals surface area contributed by atoms with Gasteiger partial charge in [0.15, 0.2) is 11.6 Å². The maximum atomic E-state index is 4.98. The summed E-state index contributed by atoms with van der Waals surface area (Å²) < 4.78 is 0. The summed E-state index contributed by atoms with van der Waals surface area (Å²) in [6.45, 7) is 0. The summed E-state index contributed by atoms with van der Waals surface area (Å²) in [5.74, 6) is 3.53. The number of fused-ring (bicyclic) bond motifs is 8. The first-order valence-electron chi connectivity index (χ1n) is 19.4. The lowest BCUT2D eigenvalue weighted by atomic mass is 9.80. The number of aromatic nitrogens is 3. The van der Waals surface area contributed by atoms with E-state index in [0.717, 1.165) is 28.9 Å². The third-order valence-corrected chi connectivity index (χ3v) is 11.8. The second-order valence-corrected chi connectivity index (χ2v) is 15.1. The Labute approximate surface area is 321 Å². The number of nitrogens with zero attached hydrogens (tertiary/aromatic N) is 3. The van der Waals surface area contributed by atoms with E-state index in [0.29, 0.717) is 23.5 Å². The van der Waals surface area contributed by atoms with Gasteiger partial charge in [0.2, 0.25) is 0 Å². The number of hydrogen-bond acceptors (Lipinski definition) is 3. The molecule has 0 saturated heterocycles. The van der Waals surface area contributed by atoms with E-state index in [9.17, 15) is 0 Å². The van der Waals surface area contributed by atoms with Crippen molar-refractivity contribution in [3.05, 3.63) is 199 Å². The molecule has 1 aromatic heterocycles. The molecule has 8 aromatic rings. The quantitative estimate of drug-likeness (QED) is 0.173. The van der Waals surface area contributed by atoms with E-state index in [1.54, 1.807) is 5.56 Å². The number of rotatable bonds is 6. The molecule has 3 nitrogen and oxygen atoms in total. The van der Waals surface area contributed by atoms with Gasteiger partial charge in [-0.1, -0.05) is 176 Å². The highest BCUT2D eigenvalue weighted by molar-refractivity contribution is 6.04. The number of allylic oxidation sites excluding steroid dienone is 4. The Morgan fingerprint density at radius 3 is 1.67 bits per heavy atom. The van der Waals surface area contributed by atoms with E-state index >= 15 is 0 Å². The van der Waals surface area contributed by atoms with Crippen LogP contribution in [-0.2, 0) is 0 Å². The van der Waals surface area contributed by atoms with E-state index < -0.39 is 0 Å². The van der Waals surface area contributed by atoms with Crippen LogP contribution in [0.4, 0.5) is 0 Å². The summed E-state index contributed by atoms with van der Waals surface area (Å²) in [6.07, 6.45) is 10.6. The summed E-state index contributed by atoms with van der Waals surface area (Å²) in [5, 5.41) is 2.77. The minimum Gasteiger partial charge on any atom is -0.212 e. The maximum absolute atomic E-state index is 4.98. The largest absolute Gasteiger partial charge is 0.212 e. The topological polar surface area (TPSA) is 38.7 Å². The van der Waals surface area contributed by atoms with Crippen LogP contribution in [0.2, 0.25) is 0 Å². The first kappa shape index (κ1) is 31.8. The Morgan fingerprint density at radius 1 is 0.418 bits per heavy atom. The van der Waals surface area contributed by atoms with Crippen molar-refractivity contribution >= 4 is 10.8 Å². The average Bonchev–Trinajstić information content (AvgIpc) is 4.08. The normalized spacial score (nSPS) is 17.7. The van der Waals surface area contributed by atoms with Gasteiger partial charge in [-0.25, -0.2) is 15.0 Å². The monoisotopic (exact) mass is 703 g/mol. The molecule has 55 heavy (non-hydrogen) atoms. The van der Waals surface area contributed by atoms with Gasteiger partial charge in [0, 0.05) is 17.0 Å². The van der Waals surface area contributed by atoms with Crippen LogP contribution in [-0.4, -0.2) is 15.0 Å². The SMILES string of the molecule is C1=CCC(c2nc(-c3ccccc3)nc(-c3ccc(-c4ccc(-c5ccc6c(c5)C5CC5c5c-6cc(-c6ccccc6)c6ccccc56)cc4)cc3)n2)C=C1. The van der Waals surface area contributed by atoms with Gasteiger partial charge in [0.05, 0.1) is 0 Å². The molecule has 1 fully saturated rings. The van der Waals surface area contributed by atoms with Crippen molar-refractivity contribution in [2.24, 2.45) is 0 Å². The fraction of sp³-hybridized carbons (Fsp3) is 0.0962. The van der Waals surface area contributed by atoms with Gasteiger partial charge < -0.3 is 0 Å². The molecule has 7 aromatic carbocycles. The molecule has 0 N–H and O–H groups in total. The van der Waals surface area contributed by atoms with Crippen molar-refractivity contribution < 1.29 is 0 Å². The van der Waals surface area contributed by atoms with Crippen LogP contribution in [0.3, 0.4) is 0 Å². The molecule has 0 radical (unpaired) electrons. The minimum atomic E-state index is 0.136.